The Hall–Kier alpha value is -1.93. The van der Waals surface area contributed by atoms with Gasteiger partial charge in [-0.3, -0.25) is 30.1 Å². The summed E-state index contributed by atoms with van der Waals surface area (Å²) >= 11 is 1.25. The molecule has 1 rings (SSSR count). The van der Waals surface area contributed by atoms with Crippen LogP contribution in [-0.4, -0.2) is 47.4 Å². The molecule has 1 unspecified atom stereocenters. The number of hydrogen-bond donors (Lipinski definition) is 3. The minimum atomic E-state index is -1.02. The number of carboxylic acid groups (broad SMARTS) is 1. The fraction of sp³-hybridized carbons (Fsp3) is 0.364. The Morgan fingerprint density at radius 2 is 2.11 bits per heavy atom. The van der Waals surface area contributed by atoms with E-state index in [9.17, 15) is 14.4 Å². The van der Waals surface area contributed by atoms with E-state index in [-0.39, 0.29) is 6.54 Å². The highest BCUT2D eigenvalue weighted by Crippen LogP contribution is 2.06. The van der Waals surface area contributed by atoms with Gasteiger partial charge >= 0.3 is 5.97 Å². The standard InChI is InChI=1S/C11H15N3O4S/c1-7(11(17)18)14(2)6-9(15)12-13-10(16)8-4-3-5-19-8/h3-5,7H,6H2,1-2H3,(H,12,15)(H,13,16)(H,17,18). The Balaban J connectivity index is 2.36. The Kier molecular flexibility index (Phi) is 5.46. The molecule has 104 valence electrons. The van der Waals surface area contributed by atoms with E-state index >= 15 is 0 Å². The molecule has 1 atom stereocenters. The molecule has 0 spiro atoms. The van der Waals surface area contributed by atoms with E-state index in [0.29, 0.717) is 4.88 Å². The summed E-state index contributed by atoms with van der Waals surface area (Å²) < 4.78 is 0. The van der Waals surface area contributed by atoms with Gasteiger partial charge in [-0.1, -0.05) is 6.07 Å². The molecule has 0 aromatic carbocycles. The molecule has 0 aliphatic heterocycles. The van der Waals surface area contributed by atoms with E-state index in [0.717, 1.165) is 0 Å². The first-order chi connectivity index (χ1) is 8.91. The molecule has 1 aromatic heterocycles. The van der Waals surface area contributed by atoms with Gasteiger partial charge in [0.2, 0.25) is 0 Å². The normalized spacial score (nSPS) is 11.9. The number of amides is 2. The Bertz CT molecular complexity index is 461. The predicted octanol–water partition coefficient (Wildman–Crippen LogP) is -0.0860. The monoisotopic (exact) mass is 285 g/mol. The first kappa shape index (κ1) is 15.1. The van der Waals surface area contributed by atoms with Crippen LogP contribution in [0.15, 0.2) is 17.5 Å². The van der Waals surface area contributed by atoms with Gasteiger partial charge in [0.25, 0.3) is 11.8 Å². The first-order valence-corrected chi connectivity index (χ1v) is 6.35. The SMILES string of the molecule is CC(C(=O)O)N(C)CC(=O)NNC(=O)c1cccs1. The van der Waals surface area contributed by atoms with Crippen LogP contribution in [0.3, 0.4) is 0 Å². The number of hydrazine groups is 1. The Labute approximate surface area is 114 Å². The summed E-state index contributed by atoms with van der Waals surface area (Å²) in [5.41, 5.74) is 4.49. The summed E-state index contributed by atoms with van der Waals surface area (Å²) in [6, 6.07) is 2.58. The molecule has 0 radical (unpaired) electrons. The van der Waals surface area contributed by atoms with Crippen LogP contribution < -0.4 is 10.9 Å². The largest absolute Gasteiger partial charge is 0.480 e. The lowest BCUT2D eigenvalue weighted by Crippen LogP contribution is -2.48. The van der Waals surface area contributed by atoms with Gasteiger partial charge in [-0.25, -0.2) is 0 Å². The highest BCUT2D eigenvalue weighted by Gasteiger charge is 2.19. The van der Waals surface area contributed by atoms with Crippen LogP contribution >= 0.6 is 11.3 Å². The van der Waals surface area contributed by atoms with Crippen LogP contribution in [-0.2, 0) is 9.59 Å². The topological polar surface area (TPSA) is 98.7 Å². The number of rotatable bonds is 5. The summed E-state index contributed by atoms with van der Waals surface area (Å²) in [5, 5.41) is 10.5. The maximum Gasteiger partial charge on any atom is 0.320 e. The zero-order chi connectivity index (χ0) is 14.4. The van der Waals surface area contributed by atoms with Crippen LogP contribution in [0, 0.1) is 0 Å². The third-order valence-electron chi connectivity index (χ3n) is 2.47. The summed E-state index contributed by atoms with van der Waals surface area (Å²) in [6.45, 7) is 1.35. The molecule has 0 aliphatic carbocycles. The zero-order valence-electron chi connectivity index (χ0n) is 10.5. The second-order valence-corrected chi connectivity index (χ2v) is 4.86. The molecule has 7 nitrogen and oxygen atoms in total. The van der Waals surface area contributed by atoms with Crippen molar-refractivity contribution in [1.29, 1.82) is 0 Å². The van der Waals surface area contributed by atoms with E-state index < -0.39 is 23.8 Å². The Morgan fingerprint density at radius 1 is 1.42 bits per heavy atom. The molecule has 0 saturated carbocycles. The molecule has 8 heteroatoms. The number of nitrogens with one attached hydrogen (secondary N) is 2. The summed E-state index contributed by atoms with van der Waals surface area (Å²) in [5.74, 6) is -1.91. The van der Waals surface area contributed by atoms with Gasteiger partial charge in [0, 0.05) is 0 Å². The van der Waals surface area contributed by atoms with E-state index in [1.54, 1.807) is 17.5 Å². The van der Waals surface area contributed by atoms with Crippen molar-refractivity contribution in [1.82, 2.24) is 15.8 Å². The fourth-order valence-corrected chi connectivity index (χ4v) is 1.81. The van der Waals surface area contributed by atoms with Gasteiger partial charge < -0.3 is 5.11 Å². The van der Waals surface area contributed by atoms with Crippen molar-refractivity contribution in [3.63, 3.8) is 0 Å². The van der Waals surface area contributed by atoms with Gasteiger partial charge in [-0.2, -0.15) is 0 Å². The van der Waals surface area contributed by atoms with Crippen LogP contribution in [0.1, 0.15) is 16.6 Å². The van der Waals surface area contributed by atoms with Crippen molar-refractivity contribution in [2.45, 2.75) is 13.0 Å². The number of likely N-dealkylation sites (N-methyl/N-ethyl adjacent to an activating group) is 1. The maximum atomic E-state index is 11.5. The number of nitrogens with zero attached hydrogens (tertiary/aromatic N) is 1. The minimum absolute atomic E-state index is 0.127. The molecule has 19 heavy (non-hydrogen) atoms. The third kappa shape index (κ3) is 4.68. The van der Waals surface area contributed by atoms with Crippen LogP contribution in [0.5, 0.6) is 0 Å². The molecule has 0 aliphatic rings. The first-order valence-electron chi connectivity index (χ1n) is 5.47. The lowest BCUT2D eigenvalue weighted by Gasteiger charge is -2.20. The lowest BCUT2D eigenvalue weighted by molar-refractivity contribution is -0.142. The van der Waals surface area contributed by atoms with Crippen molar-refractivity contribution in [2.24, 2.45) is 0 Å². The predicted molar refractivity (Wildman–Crippen MR) is 69.7 cm³/mol. The highest BCUT2D eigenvalue weighted by molar-refractivity contribution is 7.12. The molecule has 0 fully saturated rings. The van der Waals surface area contributed by atoms with E-state index in [2.05, 4.69) is 10.9 Å². The number of aliphatic carboxylic acids is 1. The van der Waals surface area contributed by atoms with Crippen molar-refractivity contribution >= 4 is 29.1 Å². The third-order valence-corrected chi connectivity index (χ3v) is 3.34. The molecular weight excluding hydrogens is 270 g/mol. The van der Waals surface area contributed by atoms with E-state index in [4.69, 9.17) is 5.11 Å². The van der Waals surface area contributed by atoms with Crippen LogP contribution in [0.4, 0.5) is 0 Å². The van der Waals surface area contributed by atoms with Gasteiger partial charge in [0.15, 0.2) is 0 Å². The van der Waals surface area contributed by atoms with Gasteiger partial charge in [-0.05, 0) is 25.4 Å². The highest BCUT2D eigenvalue weighted by atomic mass is 32.1. The maximum absolute atomic E-state index is 11.5. The van der Waals surface area contributed by atoms with Crippen molar-refractivity contribution < 1.29 is 19.5 Å². The van der Waals surface area contributed by atoms with Gasteiger partial charge in [-0.15, -0.1) is 11.3 Å². The summed E-state index contributed by atoms with van der Waals surface area (Å²) in [4.78, 5) is 35.5. The van der Waals surface area contributed by atoms with E-state index in [1.165, 1.54) is 30.2 Å². The minimum Gasteiger partial charge on any atom is -0.480 e. The van der Waals surface area contributed by atoms with Crippen molar-refractivity contribution in [2.75, 3.05) is 13.6 Å². The second kappa shape index (κ2) is 6.86. The lowest BCUT2D eigenvalue weighted by atomic mass is 10.3. The molecule has 0 saturated heterocycles. The average molecular weight is 285 g/mol. The Morgan fingerprint density at radius 3 is 2.63 bits per heavy atom. The van der Waals surface area contributed by atoms with Crippen molar-refractivity contribution in [3.05, 3.63) is 22.4 Å². The average Bonchev–Trinajstić information content (AvgIpc) is 2.88. The van der Waals surface area contributed by atoms with Crippen LogP contribution in [0.2, 0.25) is 0 Å². The number of carbonyl (C=O) groups is 3. The summed E-state index contributed by atoms with van der Waals surface area (Å²) in [7, 11) is 1.51. The van der Waals surface area contributed by atoms with E-state index in [1.807, 2.05) is 0 Å². The molecule has 2 amide bonds. The molecule has 1 aromatic rings. The molecule has 3 N–H and O–H groups in total. The molecular formula is C11H15N3O4S. The number of hydrogen-bond acceptors (Lipinski definition) is 5. The van der Waals surface area contributed by atoms with Crippen LogP contribution in [0.25, 0.3) is 0 Å². The van der Waals surface area contributed by atoms with Gasteiger partial charge in [0.05, 0.1) is 11.4 Å². The number of carboxylic acids is 1. The quantitative estimate of drug-likeness (QED) is 0.657. The zero-order valence-corrected chi connectivity index (χ0v) is 11.4. The fourth-order valence-electron chi connectivity index (χ4n) is 1.19. The smallest absolute Gasteiger partial charge is 0.320 e. The second-order valence-electron chi connectivity index (χ2n) is 3.91. The molecule has 0 bridgehead atoms. The number of thiophene rings is 1. The number of carbonyl (C=O) groups excluding carboxylic acids is 2. The van der Waals surface area contributed by atoms with Gasteiger partial charge in [0.1, 0.15) is 6.04 Å². The van der Waals surface area contributed by atoms with Crippen molar-refractivity contribution in [3.8, 4) is 0 Å². The molecule has 1 heterocycles. The summed E-state index contributed by atoms with van der Waals surface area (Å²) in [6.07, 6.45) is 0.